The molecule has 5 heteroatoms. The van der Waals surface area contributed by atoms with Crippen LogP contribution in [0.1, 0.15) is 103 Å². The van der Waals surface area contributed by atoms with Gasteiger partial charge >= 0.3 is 0 Å². The second kappa shape index (κ2) is 18.0. The molecule has 0 bridgehead atoms. The molecule has 0 aliphatic rings. The highest BCUT2D eigenvalue weighted by Gasteiger charge is 2.14. The minimum absolute atomic E-state index is 0.0748. The van der Waals surface area contributed by atoms with Crippen LogP contribution in [-0.4, -0.2) is 27.3 Å². The predicted molar refractivity (Wildman–Crippen MR) is 113 cm³/mol. The van der Waals surface area contributed by atoms with E-state index in [1.807, 2.05) is 0 Å². The first-order valence-corrected chi connectivity index (χ1v) is 12.3. The van der Waals surface area contributed by atoms with Crippen molar-refractivity contribution >= 4 is 10.1 Å². The van der Waals surface area contributed by atoms with Crippen molar-refractivity contribution in [1.82, 2.24) is 0 Å². The monoisotopic (exact) mass is 389 g/mol. The van der Waals surface area contributed by atoms with E-state index in [1.165, 1.54) is 84.2 Å². The number of hydrogen-bond acceptors (Lipinski definition) is 4. The zero-order valence-electron chi connectivity index (χ0n) is 17.3. The van der Waals surface area contributed by atoms with Crippen LogP contribution in [-0.2, 0) is 14.3 Å². The van der Waals surface area contributed by atoms with Gasteiger partial charge in [-0.25, -0.2) is 0 Å². The van der Waals surface area contributed by atoms with Crippen molar-refractivity contribution in [2.45, 2.75) is 109 Å². The van der Waals surface area contributed by atoms with Gasteiger partial charge in [-0.15, -0.1) is 0 Å². The van der Waals surface area contributed by atoms with E-state index in [9.17, 15) is 8.42 Å². The third-order valence-electron chi connectivity index (χ3n) is 4.76. The fourth-order valence-corrected chi connectivity index (χ4v) is 3.89. The van der Waals surface area contributed by atoms with Crippen LogP contribution in [0.2, 0.25) is 0 Å². The molecule has 0 aromatic carbocycles. The van der Waals surface area contributed by atoms with E-state index in [0.717, 1.165) is 19.3 Å². The van der Waals surface area contributed by atoms with Crippen molar-refractivity contribution in [3.8, 4) is 0 Å². The number of hydrogen-bond donors (Lipinski definition) is 1. The summed E-state index contributed by atoms with van der Waals surface area (Å²) in [5, 5.41) is 0. The van der Waals surface area contributed by atoms with Crippen molar-refractivity contribution in [3.05, 3.63) is 12.2 Å². The Labute approximate surface area is 163 Å². The molecule has 0 heterocycles. The molecule has 156 valence electrons. The quantitative estimate of drug-likeness (QED) is 0.174. The Bertz CT molecular complexity index is 421. The van der Waals surface area contributed by atoms with Crippen LogP contribution >= 0.6 is 0 Å². The fourth-order valence-electron chi connectivity index (χ4n) is 3.07. The molecule has 0 aromatic rings. The highest BCUT2D eigenvalue weighted by Crippen LogP contribution is 2.11. The van der Waals surface area contributed by atoms with E-state index < -0.39 is 10.1 Å². The van der Waals surface area contributed by atoms with Gasteiger partial charge in [0, 0.05) is 6.04 Å². The summed E-state index contributed by atoms with van der Waals surface area (Å²) in [5.74, 6) is -0.0748. The normalized spacial score (nSPS) is 13.5. The molecule has 0 aliphatic heterocycles. The number of unbranched alkanes of at least 4 members (excludes halogenated alkanes) is 12. The lowest BCUT2D eigenvalue weighted by atomic mass is 10.1. The Morgan fingerprint density at radius 3 is 1.77 bits per heavy atom. The van der Waals surface area contributed by atoms with Gasteiger partial charge in [0.15, 0.2) is 0 Å². The highest BCUT2D eigenvalue weighted by atomic mass is 32.2. The van der Waals surface area contributed by atoms with Crippen LogP contribution in [0, 0.1) is 0 Å². The summed E-state index contributed by atoms with van der Waals surface area (Å²) >= 11 is 0. The van der Waals surface area contributed by atoms with E-state index >= 15 is 0 Å². The fraction of sp³-hybridized carbons (Fsp3) is 0.905. The molecule has 0 amide bonds. The summed E-state index contributed by atoms with van der Waals surface area (Å²) in [7, 11) is -2.24. The molecule has 4 nitrogen and oxygen atoms in total. The molecule has 26 heavy (non-hydrogen) atoms. The molecule has 0 aliphatic carbocycles. The number of allylic oxidation sites excluding steroid dienone is 2. The van der Waals surface area contributed by atoms with Gasteiger partial charge in [-0.1, -0.05) is 83.3 Å². The van der Waals surface area contributed by atoms with E-state index in [-0.39, 0.29) is 11.8 Å². The SMILES string of the molecule is CCCCCCCC/C=C\CCCCCCCCC(N)CS(=O)(=O)OC. The van der Waals surface area contributed by atoms with Crippen molar-refractivity contribution in [2.24, 2.45) is 5.73 Å². The zero-order valence-corrected chi connectivity index (χ0v) is 18.1. The van der Waals surface area contributed by atoms with Gasteiger partial charge in [0.2, 0.25) is 0 Å². The van der Waals surface area contributed by atoms with E-state index in [1.54, 1.807) is 0 Å². The molecule has 0 fully saturated rings. The van der Waals surface area contributed by atoms with Gasteiger partial charge in [0.1, 0.15) is 0 Å². The second-order valence-corrected chi connectivity index (χ2v) is 9.16. The standard InChI is InChI=1S/C21H43NO3S/c1-3-4-5-6-7-8-9-10-11-12-13-14-15-16-17-18-19-21(22)20-26(23,24)25-2/h10-11,21H,3-9,12-20,22H2,1-2H3/b11-10-. The molecular weight excluding hydrogens is 346 g/mol. The molecule has 0 rings (SSSR count). The molecule has 1 unspecified atom stereocenters. The highest BCUT2D eigenvalue weighted by molar-refractivity contribution is 7.86. The molecule has 2 N–H and O–H groups in total. The van der Waals surface area contributed by atoms with Gasteiger partial charge in [0.25, 0.3) is 10.1 Å². The lowest BCUT2D eigenvalue weighted by Crippen LogP contribution is -2.30. The van der Waals surface area contributed by atoms with Gasteiger partial charge in [-0.3, -0.25) is 4.18 Å². The van der Waals surface area contributed by atoms with Crippen LogP contribution in [0.4, 0.5) is 0 Å². The summed E-state index contributed by atoms with van der Waals surface area (Å²) in [6.07, 6.45) is 23.3. The Balaban J connectivity index is 3.30. The summed E-state index contributed by atoms with van der Waals surface area (Å²) in [6.45, 7) is 2.26. The lowest BCUT2D eigenvalue weighted by Gasteiger charge is -2.10. The van der Waals surface area contributed by atoms with Crippen molar-refractivity contribution < 1.29 is 12.6 Å². The first kappa shape index (κ1) is 25.6. The summed E-state index contributed by atoms with van der Waals surface area (Å²) in [5.41, 5.74) is 5.83. The predicted octanol–water partition coefficient (Wildman–Crippen LogP) is 5.72. The molecular formula is C21H43NO3S. The number of rotatable bonds is 19. The average molecular weight is 390 g/mol. The largest absolute Gasteiger partial charge is 0.327 e. The van der Waals surface area contributed by atoms with Crippen molar-refractivity contribution in [3.63, 3.8) is 0 Å². The summed E-state index contributed by atoms with van der Waals surface area (Å²) < 4.78 is 27.0. The first-order valence-electron chi connectivity index (χ1n) is 10.7. The summed E-state index contributed by atoms with van der Waals surface area (Å²) in [4.78, 5) is 0. The maximum Gasteiger partial charge on any atom is 0.268 e. The maximum atomic E-state index is 11.3. The van der Waals surface area contributed by atoms with Crippen molar-refractivity contribution in [1.29, 1.82) is 0 Å². The van der Waals surface area contributed by atoms with Crippen LogP contribution in [0.25, 0.3) is 0 Å². The molecule has 0 saturated heterocycles. The van der Waals surface area contributed by atoms with Crippen LogP contribution in [0.5, 0.6) is 0 Å². The van der Waals surface area contributed by atoms with Crippen LogP contribution in [0.15, 0.2) is 12.2 Å². The maximum absolute atomic E-state index is 11.3. The van der Waals surface area contributed by atoms with E-state index in [4.69, 9.17) is 5.73 Å². The molecule has 0 saturated carbocycles. The summed E-state index contributed by atoms with van der Waals surface area (Å²) in [6, 6.07) is -0.309. The Kier molecular flexibility index (Phi) is 17.7. The minimum Gasteiger partial charge on any atom is -0.327 e. The van der Waals surface area contributed by atoms with Gasteiger partial charge in [-0.2, -0.15) is 8.42 Å². The molecule has 0 spiro atoms. The van der Waals surface area contributed by atoms with Gasteiger partial charge < -0.3 is 5.73 Å². The molecule has 0 aromatic heterocycles. The van der Waals surface area contributed by atoms with E-state index in [0.29, 0.717) is 0 Å². The Hall–Kier alpha value is -0.390. The molecule has 0 radical (unpaired) electrons. The molecule has 1 atom stereocenters. The number of nitrogens with two attached hydrogens (primary N) is 1. The lowest BCUT2D eigenvalue weighted by molar-refractivity contribution is 0.392. The van der Waals surface area contributed by atoms with Gasteiger partial charge in [0.05, 0.1) is 12.9 Å². The van der Waals surface area contributed by atoms with Crippen molar-refractivity contribution in [2.75, 3.05) is 12.9 Å². The first-order chi connectivity index (χ1) is 12.5. The second-order valence-electron chi connectivity index (χ2n) is 7.38. The topological polar surface area (TPSA) is 69.4 Å². The minimum atomic E-state index is -3.42. The zero-order chi connectivity index (χ0) is 19.5. The third kappa shape index (κ3) is 18.4. The van der Waals surface area contributed by atoms with Gasteiger partial charge in [-0.05, 0) is 32.1 Å². The third-order valence-corrected chi connectivity index (χ3v) is 6.10. The van der Waals surface area contributed by atoms with Crippen LogP contribution in [0.3, 0.4) is 0 Å². The Morgan fingerprint density at radius 2 is 1.27 bits per heavy atom. The average Bonchev–Trinajstić information content (AvgIpc) is 2.61. The van der Waals surface area contributed by atoms with Crippen LogP contribution < -0.4 is 5.73 Å². The Morgan fingerprint density at radius 1 is 0.808 bits per heavy atom. The smallest absolute Gasteiger partial charge is 0.268 e. The van der Waals surface area contributed by atoms with E-state index in [2.05, 4.69) is 23.3 Å².